The van der Waals surface area contributed by atoms with Crippen LogP contribution in [0.15, 0.2) is 36.5 Å². The molecule has 0 saturated carbocycles. The van der Waals surface area contributed by atoms with Crippen LogP contribution in [0.1, 0.15) is 0 Å². The summed E-state index contributed by atoms with van der Waals surface area (Å²) in [5.41, 5.74) is -0.780. The second kappa shape index (κ2) is 4.25. The van der Waals surface area contributed by atoms with Crippen molar-refractivity contribution in [3.63, 3.8) is 0 Å². The van der Waals surface area contributed by atoms with Crippen molar-refractivity contribution in [3.05, 3.63) is 58.3 Å². The van der Waals surface area contributed by atoms with Gasteiger partial charge in [-0.05, 0) is 18.2 Å². The number of halogens is 2. The number of benzene rings is 1. The van der Waals surface area contributed by atoms with Crippen molar-refractivity contribution < 1.29 is 13.7 Å². The molecule has 0 amide bonds. The predicted molar refractivity (Wildman–Crippen MR) is 56.2 cm³/mol. The van der Waals surface area contributed by atoms with Crippen molar-refractivity contribution in [2.45, 2.75) is 0 Å². The van der Waals surface area contributed by atoms with E-state index in [1.165, 1.54) is 12.3 Å². The molecule has 0 spiro atoms. The molecular weight excluding hydrogens is 230 g/mol. The number of nitro groups is 1. The Balaban J connectivity index is 2.63. The zero-order valence-electron chi connectivity index (χ0n) is 8.43. The fourth-order valence-electron chi connectivity index (χ4n) is 1.39. The molecule has 0 aliphatic carbocycles. The molecule has 1 aromatic heterocycles. The van der Waals surface area contributed by atoms with Crippen LogP contribution in [-0.4, -0.2) is 9.91 Å². The Morgan fingerprint density at radius 2 is 1.94 bits per heavy atom. The number of hydrogen-bond donors (Lipinski definition) is 0. The van der Waals surface area contributed by atoms with Crippen molar-refractivity contribution in [2.75, 3.05) is 0 Å². The summed E-state index contributed by atoms with van der Waals surface area (Å²) in [4.78, 5) is 13.5. The molecule has 0 aliphatic heterocycles. The molecule has 2 aromatic rings. The Hall–Kier alpha value is -2.37. The van der Waals surface area contributed by atoms with Gasteiger partial charge in [0.05, 0.1) is 4.92 Å². The summed E-state index contributed by atoms with van der Waals surface area (Å²) in [6.45, 7) is 0. The third-order valence-electron chi connectivity index (χ3n) is 2.17. The number of nitrogens with zero attached hydrogens (tertiary/aromatic N) is 2. The fourth-order valence-corrected chi connectivity index (χ4v) is 1.39. The Morgan fingerprint density at radius 1 is 1.18 bits per heavy atom. The highest BCUT2D eigenvalue weighted by molar-refractivity contribution is 5.63. The fraction of sp³-hybridized carbons (Fsp3) is 0. The van der Waals surface area contributed by atoms with Crippen molar-refractivity contribution in [3.8, 4) is 11.3 Å². The first-order valence-corrected chi connectivity index (χ1v) is 4.64. The van der Waals surface area contributed by atoms with Gasteiger partial charge in [0, 0.05) is 23.9 Å². The minimum absolute atomic E-state index is 0.225. The Labute approximate surface area is 94.7 Å². The highest BCUT2D eigenvalue weighted by Crippen LogP contribution is 2.27. The average Bonchev–Trinajstić information content (AvgIpc) is 2.30. The van der Waals surface area contributed by atoms with E-state index in [9.17, 15) is 18.9 Å². The van der Waals surface area contributed by atoms with Crippen molar-refractivity contribution in [1.82, 2.24) is 4.98 Å². The zero-order valence-corrected chi connectivity index (χ0v) is 8.43. The highest BCUT2D eigenvalue weighted by atomic mass is 19.1. The maximum absolute atomic E-state index is 13.5. The number of rotatable bonds is 2. The number of nitro benzene ring substituents is 1. The first-order valence-electron chi connectivity index (χ1n) is 4.64. The molecule has 0 fully saturated rings. The summed E-state index contributed by atoms with van der Waals surface area (Å²) in [5, 5.41) is 10.5. The van der Waals surface area contributed by atoms with Crippen LogP contribution in [0, 0.1) is 21.7 Å². The largest absolute Gasteiger partial charge is 0.270 e. The third kappa shape index (κ3) is 2.10. The molecule has 0 radical (unpaired) electrons. The normalized spacial score (nSPS) is 10.2. The first kappa shape index (κ1) is 11.1. The summed E-state index contributed by atoms with van der Waals surface area (Å²) in [6.07, 6.45) is 1.29. The Bertz CT molecular complexity index is 587. The van der Waals surface area contributed by atoms with Gasteiger partial charge in [0.2, 0.25) is 0 Å². The van der Waals surface area contributed by atoms with Gasteiger partial charge in [0.15, 0.2) is 0 Å². The summed E-state index contributed by atoms with van der Waals surface area (Å²) < 4.78 is 26.9. The molecule has 0 atom stereocenters. The van der Waals surface area contributed by atoms with E-state index < -0.39 is 16.6 Å². The van der Waals surface area contributed by atoms with E-state index in [2.05, 4.69) is 4.98 Å². The average molecular weight is 236 g/mol. The van der Waals surface area contributed by atoms with Gasteiger partial charge in [-0.1, -0.05) is 0 Å². The van der Waals surface area contributed by atoms with E-state index in [-0.39, 0.29) is 16.9 Å². The van der Waals surface area contributed by atoms with Gasteiger partial charge in [-0.15, -0.1) is 0 Å². The molecule has 2 rings (SSSR count). The van der Waals surface area contributed by atoms with Gasteiger partial charge in [-0.25, -0.2) is 8.78 Å². The van der Waals surface area contributed by atoms with Crippen molar-refractivity contribution in [1.29, 1.82) is 0 Å². The standard InChI is InChI=1S/C11H6F2N2O2/c12-9-4-3-7(15(16)17)6-8(9)11-10(13)2-1-5-14-11/h1-6H. The minimum atomic E-state index is -0.756. The summed E-state index contributed by atoms with van der Waals surface area (Å²) >= 11 is 0. The smallest absolute Gasteiger partial charge is 0.258 e. The Kier molecular flexibility index (Phi) is 2.78. The van der Waals surface area contributed by atoms with E-state index in [1.54, 1.807) is 0 Å². The van der Waals surface area contributed by atoms with Crippen LogP contribution in [0.2, 0.25) is 0 Å². The van der Waals surface area contributed by atoms with Crippen LogP contribution in [0.4, 0.5) is 14.5 Å². The Morgan fingerprint density at radius 3 is 2.59 bits per heavy atom. The van der Waals surface area contributed by atoms with Crippen LogP contribution in [-0.2, 0) is 0 Å². The van der Waals surface area contributed by atoms with Crippen LogP contribution in [0.25, 0.3) is 11.3 Å². The quantitative estimate of drug-likeness (QED) is 0.595. The zero-order chi connectivity index (χ0) is 12.4. The molecular formula is C11H6F2N2O2. The van der Waals surface area contributed by atoms with Gasteiger partial charge in [0.25, 0.3) is 5.69 Å². The molecule has 0 N–H and O–H groups in total. The molecule has 0 aliphatic rings. The van der Waals surface area contributed by atoms with Crippen molar-refractivity contribution in [2.24, 2.45) is 0 Å². The van der Waals surface area contributed by atoms with E-state index in [0.29, 0.717) is 0 Å². The monoisotopic (exact) mass is 236 g/mol. The molecule has 4 nitrogen and oxygen atoms in total. The highest BCUT2D eigenvalue weighted by Gasteiger charge is 2.15. The lowest BCUT2D eigenvalue weighted by atomic mass is 10.1. The lowest BCUT2D eigenvalue weighted by Gasteiger charge is -2.03. The van der Waals surface area contributed by atoms with Gasteiger partial charge < -0.3 is 0 Å². The summed E-state index contributed by atoms with van der Waals surface area (Å²) in [5.74, 6) is -1.49. The van der Waals surface area contributed by atoms with Crippen LogP contribution in [0.5, 0.6) is 0 Å². The molecule has 0 bridgehead atoms. The van der Waals surface area contributed by atoms with E-state index in [4.69, 9.17) is 0 Å². The van der Waals surface area contributed by atoms with Crippen molar-refractivity contribution >= 4 is 5.69 Å². The molecule has 17 heavy (non-hydrogen) atoms. The second-order valence-corrected chi connectivity index (χ2v) is 3.26. The van der Waals surface area contributed by atoms with E-state index in [1.807, 2.05) is 0 Å². The van der Waals surface area contributed by atoms with Gasteiger partial charge in [-0.2, -0.15) is 0 Å². The summed E-state index contributed by atoms with van der Waals surface area (Å²) in [6, 6.07) is 5.36. The van der Waals surface area contributed by atoms with Gasteiger partial charge in [0.1, 0.15) is 17.3 Å². The third-order valence-corrected chi connectivity index (χ3v) is 2.17. The maximum Gasteiger partial charge on any atom is 0.270 e. The number of aromatic nitrogens is 1. The van der Waals surface area contributed by atoms with E-state index in [0.717, 1.165) is 24.3 Å². The van der Waals surface area contributed by atoms with Crippen LogP contribution in [0.3, 0.4) is 0 Å². The molecule has 0 saturated heterocycles. The van der Waals surface area contributed by atoms with Gasteiger partial charge in [-0.3, -0.25) is 15.1 Å². The molecule has 0 unspecified atom stereocenters. The number of pyridine rings is 1. The number of hydrogen-bond acceptors (Lipinski definition) is 3. The maximum atomic E-state index is 13.5. The SMILES string of the molecule is O=[N+]([O-])c1ccc(F)c(-c2ncccc2F)c1. The predicted octanol–water partition coefficient (Wildman–Crippen LogP) is 2.94. The lowest BCUT2D eigenvalue weighted by molar-refractivity contribution is -0.384. The molecule has 1 aromatic carbocycles. The molecule has 6 heteroatoms. The van der Waals surface area contributed by atoms with Crippen LogP contribution < -0.4 is 0 Å². The molecule has 86 valence electrons. The van der Waals surface area contributed by atoms with E-state index >= 15 is 0 Å². The second-order valence-electron chi connectivity index (χ2n) is 3.26. The summed E-state index contributed by atoms with van der Waals surface area (Å²) in [7, 11) is 0. The van der Waals surface area contributed by atoms with Crippen LogP contribution >= 0.6 is 0 Å². The minimum Gasteiger partial charge on any atom is -0.258 e. The topological polar surface area (TPSA) is 56.0 Å². The first-order chi connectivity index (χ1) is 8.09. The number of non-ortho nitro benzene ring substituents is 1. The van der Waals surface area contributed by atoms with Gasteiger partial charge >= 0.3 is 0 Å². The molecule has 1 heterocycles. The lowest BCUT2D eigenvalue weighted by Crippen LogP contribution is -1.94.